The SMILES string of the molecule is CN1C(=O)C(CNC2CCCCC2)(CC2CCCCC2)N=C1N. The maximum absolute atomic E-state index is 12.9. The molecule has 1 heterocycles. The number of hydrogen-bond donors (Lipinski definition) is 2. The standard InChI is InChI=1S/C18H32N4O/c1-22-16(23)18(21-17(22)19,12-14-8-4-2-5-9-14)13-20-15-10-6-3-7-11-15/h14-15,20H,2-13H2,1H3,(H2,19,21). The molecule has 5 heteroatoms. The van der Waals surface area contributed by atoms with Gasteiger partial charge in [-0.05, 0) is 25.2 Å². The Morgan fingerprint density at radius 2 is 1.74 bits per heavy atom. The molecule has 2 saturated carbocycles. The molecule has 1 atom stereocenters. The Morgan fingerprint density at radius 3 is 2.30 bits per heavy atom. The van der Waals surface area contributed by atoms with Crippen molar-refractivity contribution in [2.75, 3.05) is 13.6 Å². The van der Waals surface area contributed by atoms with Gasteiger partial charge in [-0.3, -0.25) is 9.69 Å². The van der Waals surface area contributed by atoms with E-state index >= 15 is 0 Å². The highest BCUT2D eigenvalue weighted by atomic mass is 16.2. The van der Waals surface area contributed by atoms with Crippen LogP contribution in [0.5, 0.6) is 0 Å². The molecule has 1 amide bonds. The van der Waals surface area contributed by atoms with Gasteiger partial charge in [-0.2, -0.15) is 0 Å². The summed E-state index contributed by atoms with van der Waals surface area (Å²) in [5.74, 6) is 1.09. The topological polar surface area (TPSA) is 70.7 Å². The van der Waals surface area contributed by atoms with Crippen molar-refractivity contribution < 1.29 is 4.79 Å². The Labute approximate surface area is 140 Å². The van der Waals surface area contributed by atoms with Crippen LogP contribution in [0.4, 0.5) is 0 Å². The zero-order chi connectivity index (χ0) is 16.3. The number of carbonyl (C=O) groups excluding carboxylic acids is 1. The normalized spacial score (nSPS) is 30.7. The monoisotopic (exact) mass is 320 g/mol. The number of hydrogen-bond acceptors (Lipinski definition) is 4. The number of nitrogens with one attached hydrogen (secondary N) is 1. The summed E-state index contributed by atoms with van der Waals surface area (Å²) in [6.07, 6.45) is 13.6. The summed E-state index contributed by atoms with van der Waals surface area (Å²) in [5, 5.41) is 3.66. The van der Waals surface area contributed by atoms with Gasteiger partial charge in [-0.1, -0.05) is 51.4 Å². The summed E-state index contributed by atoms with van der Waals surface area (Å²) < 4.78 is 0. The van der Waals surface area contributed by atoms with E-state index in [1.54, 1.807) is 11.9 Å². The minimum atomic E-state index is -0.654. The molecule has 2 fully saturated rings. The van der Waals surface area contributed by atoms with Gasteiger partial charge in [0.25, 0.3) is 5.91 Å². The van der Waals surface area contributed by atoms with Crippen LogP contribution in [-0.4, -0.2) is 41.9 Å². The predicted octanol–water partition coefficient (Wildman–Crippen LogP) is 2.40. The van der Waals surface area contributed by atoms with Crippen LogP contribution in [0.3, 0.4) is 0 Å². The van der Waals surface area contributed by atoms with Gasteiger partial charge in [-0.25, -0.2) is 4.99 Å². The number of guanidine groups is 1. The molecule has 3 aliphatic rings. The highest BCUT2D eigenvalue weighted by Gasteiger charge is 2.47. The lowest BCUT2D eigenvalue weighted by atomic mass is 9.79. The smallest absolute Gasteiger partial charge is 0.258 e. The first-order valence-corrected chi connectivity index (χ1v) is 9.48. The molecule has 2 aliphatic carbocycles. The van der Waals surface area contributed by atoms with Crippen LogP contribution < -0.4 is 11.1 Å². The largest absolute Gasteiger partial charge is 0.369 e. The van der Waals surface area contributed by atoms with E-state index in [4.69, 9.17) is 5.73 Å². The summed E-state index contributed by atoms with van der Waals surface area (Å²) in [6, 6.07) is 0.544. The number of rotatable bonds is 5. The third-order valence-corrected chi connectivity index (χ3v) is 6.01. The summed E-state index contributed by atoms with van der Waals surface area (Å²) in [5.41, 5.74) is 5.33. The summed E-state index contributed by atoms with van der Waals surface area (Å²) in [7, 11) is 1.75. The average molecular weight is 320 g/mol. The van der Waals surface area contributed by atoms with Crippen LogP contribution >= 0.6 is 0 Å². The summed E-state index contributed by atoms with van der Waals surface area (Å²) >= 11 is 0. The molecule has 130 valence electrons. The first-order valence-electron chi connectivity index (χ1n) is 9.48. The van der Waals surface area contributed by atoms with E-state index in [2.05, 4.69) is 10.3 Å². The second-order valence-corrected chi connectivity index (χ2v) is 7.79. The fourth-order valence-corrected chi connectivity index (χ4v) is 4.57. The highest BCUT2D eigenvalue weighted by Crippen LogP contribution is 2.35. The van der Waals surface area contributed by atoms with Gasteiger partial charge >= 0.3 is 0 Å². The molecule has 0 bridgehead atoms. The van der Waals surface area contributed by atoms with Gasteiger partial charge in [0.05, 0.1) is 0 Å². The Kier molecular flexibility index (Phi) is 5.24. The van der Waals surface area contributed by atoms with Crippen LogP contribution in [0.15, 0.2) is 4.99 Å². The van der Waals surface area contributed by atoms with E-state index in [1.807, 2.05) is 0 Å². The molecular formula is C18H32N4O. The van der Waals surface area contributed by atoms with Crippen molar-refractivity contribution in [3.63, 3.8) is 0 Å². The van der Waals surface area contributed by atoms with Crippen molar-refractivity contribution in [2.24, 2.45) is 16.6 Å². The minimum absolute atomic E-state index is 0.0869. The summed E-state index contributed by atoms with van der Waals surface area (Å²) in [6.45, 7) is 0.651. The van der Waals surface area contributed by atoms with Gasteiger partial charge < -0.3 is 11.1 Å². The molecule has 0 spiro atoms. The molecule has 0 saturated heterocycles. The van der Waals surface area contributed by atoms with Crippen molar-refractivity contribution in [2.45, 2.75) is 82.2 Å². The van der Waals surface area contributed by atoms with E-state index in [-0.39, 0.29) is 5.91 Å². The molecule has 3 N–H and O–H groups in total. The molecule has 23 heavy (non-hydrogen) atoms. The molecule has 0 radical (unpaired) electrons. The minimum Gasteiger partial charge on any atom is -0.369 e. The fraction of sp³-hybridized carbons (Fsp3) is 0.889. The van der Waals surface area contributed by atoms with Crippen molar-refractivity contribution in [3.8, 4) is 0 Å². The van der Waals surface area contributed by atoms with Crippen LogP contribution in [0.1, 0.15) is 70.6 Å². The Bertz CT molecular complexity index is 452. The van der Waals surface area contributed by atoms with E-state index < -0.39 is 5.54 Å². The summed E-state index contributed by atoms with van der Waals surface area (Å²) in [4.78, 5) is 19.1. The number of aliphatic imine (C=N–C) groups is 1. The zero-order valence-corrected chi connectivity index (χ0v) is 14.5. The number of amides is 1. The van der Waals surface area contributed by atoms with E-state index in [9.17, 15) is 4.79 Å². The molecular weight excluding hydrogens is 288 g/mol. The second kappa shape index (κ2) is 7.20. The van der Waals surface area contributed by atoms with E-state index in [1.165, 1.54) is 64.2 Å². The Morgan fingerprint density at radius 1 is 1.13 bits per heavy atom. The van der Waals surface area contributed by atoms with Crippen molar-refractivity contribution in [1.82, 2.24) is 10.2 Å². The molecule has 0 aromatic heterocycles. The van der Waals surface area contributed by atoms with Crippen LogP contribution in [0, 0.1) is 5.92 Å². The number of carbonyl (C=O) groups is 1. The second-order valence-electron chi connectivity index (χ2n) is 7.79. The van der Waals surface area contributed by atoms with Crippen LogP contribution in [-0.2, 0) is 4.79 Å². The third-order valence-electron chi connectivity index (χ3n) is 6.01. The number of likely N-dealkylation sites (N-methyl/N-ethyl adjacent to an activating group) is 1. The van der Waals surface area contributed by atoms with Gasteiger partial charge in [0.1, 0.15) is 0 Å². The predicted molar refractivity (Wildman–Crippen MR) is 93.2 cm³/mol. The van der Waals surface area contributed by atoms with Gasteiger partial charge in [-0.15, -0.1) is 0 Å². The lowest BCUT2D eigenvalue weighted by Gasteiger charge is -2.33. The quantitative estimate of drug-likeness (QED) is 0.817. The fourth-order valence-electron chi connectivity index (χ4n) is 4.57. The highest BCUT2D eigenvalue weighted by molar-refractivity contribution is 6.06. The van der Waals surface area contributed by atoms with Gasteiger partial charge in [0.15, 0.2) is 11.5 Å². The number of nitrogens with zero attached hydrogens (tertiary/aromatic N) is 2. The molecule has 0 aromatic rings. The average Bonchev–Trinajstić information content (AvgIpc) is 2.79. The lowest BCUT2D eigenvalue weighted by molar-refractivity contribution is -0.131. The van der Waals surface area contributed by atoms with Crippen LogP contribution in [0.2, 0.25) is 0 Å². The van der Waals surface area contributed by atoms with Gasteiger partial charge in [0.2, 0.25) is 0 Å². The molecule has 0 aromatic carbocycles. The van der Waals surface area contributed by atoms with Crippen molar-refractivity contribution >= 4 is 11.9 Å². The zero-order valence-electron chi connectivity index (χ0n) is 14.5. The van der Waals surface area contributed by atoms with E-state index in [0.29, 0.717) is 24.5 Å². The molecule has 1 aliphatic heterocycles. The molecule has 1 unspecified atom stereocenters. The van der Waals surface area contributed by atoms with Gasteiger partial charge in [0, 0.05) is 19.6 Å². The Hall–Kier alpha value is -1.10. The maximum atomic E-state index is 12.9. The third kappa shape index (κ3) is 3.70. The molecule has 5 nitrogen and oxygen atoms in total. The van der Waals surface area contributed by atoms with E-state index in [0.717, 1.165) is 6.42 Å². The first kappa shape index (κ1) is 16.7. The van der Waals surface area contributed by atoms with Crippen molar-refractivity contribution in [3.05, 3.63) is 0 Å². The first-order chi connectivity index (χ1) is 11.1. The van der Waals surface area contributed by atoms with Crippen LogP contribution in [0.25, 0.3) is 0 Å². The Balaban J connectivity index is 1.69. The number of nitrogens with two attached hydrogens (primary N) is 1. The maximum Gasteiger partial charge on any atom is 0.258 e. The van der Waals surface area contributed by atoms with Crippen molar-refractivity contribution in [1.29, 1.82) is 0 Å². The lowest BCUT2D eigenvalue weighted by Crippen LogP contribution is -2.51. The molecule has 3 rings (SSSR count).